The van der Waals surface area contributed by atoms with Gasteiger partial charge in [0, 0.05) is 5.57 Å². The molecule has 0 bridgehead atoms. The molecule has 3 aromatic rings. The average Bonchev–Trinajstić information content (AvgIpc) is 3.09. The summed E-state index contributed by atoms with van der Waals surface area (Å²) < 4.78 is 6.41. The van der Waals surface area contributed by atoms with Crippen molar-refractivity contribution in [3.05, 3.63) is 104 Å². The fraction of sp³-hybridized carbons (Fsp3) is 0.0800. The second-order valence-electron chi connectivity index (χ2n) is 6.86. The topological polar surface area (TPSA) is 29.5 Å². The minimum absolute atomic E-state index is 0.137. The standard InChI is InChI=1S/C25H18BrCl2NO2/c1-2-31-24-11-8-16(13-20(24)26)12-18-14-23(17-6-4-3-5-7-17)29(25(18)30)19-9-10-21(27)22(28)15-19/h3-15H,2H2,1H3/b18-12+. The van der Waals surface area contributed by atoms with Crippen LogP contribution < -0.4 is 9.64 Å². The van der Waals surface area contributed by atoms with Gasteiger partial charge in [-0.25, -0.2) is 0 Å². The highest BCUT2D eigenvalue weighted by Crippen LogP contribution is 2.38. The van der Waals surface area contributed by atoms with Gasteiger partial charge in [-0.2, -0.15) is 0 Å². The van der Waals surface area contributed by atoms with Crippen molar-refractivity contribution in [1.29, 1.82) is 0 Å². The van der Waals surface area contributed by atoms with Crippen LogP contribution in [0.15, 0.2) is 82.9 Å². The molecule has 0 saturated carbocycles. The van der Waals surface area contributed by atoms with Crippen LogP contribution in [0.4, 0.5) is 5.69 Å². The highest BCUT2D eigenvalue weighted by molar-refractivity contribution is 9.10. The minimum atomic E-state index is -0.137. The van der Waals surface area contributed by atoms with Crippen LogP contribution in [0.3, 0.4) is 0 Å². The van der Waals surface area contributed by atoms with Gasteiger partial charge in [0.05, 0.1) is 32.5 Å². The van der Waals surface area contributed by atoms with Crippen molar-refractivity contribution >= 4 is 62.5 Å². The molecule has 3 nitrogen and oxygen atoms in total. The zero-order valence-corrected chi connectivity index (χ0v) is 19.7. The summed E-state index contributed by atoms with van der Waals surface area (Å²) in [7, 11) is 0. The first-order chi connectivity index (χ1) is 15.0. The van der Waals surface area contributed by atoms with Gasteiger partial charge in [-0.1, -0.05) is 59.6 Å². The fourth-order valence-electron chi connectivity index (χ4n) is 3.38. The number of benzene rings is 3. The maximum Gasteiger partial charge on any atom is 0.262 e. The average molecular weight is 515 g/mol. The molecule has 1 aliphatic rings. The van der Waals surface area contributed by atoms with Crippen LogP contribution in [-0.4, -0.2) is 12.5 Å². The van der Waals surface area contributed by atoms with Crippen molar-refractivity contribution in [2.45, 2.75) is 6.92 Å². The number of rotatable bonds is 5. The van der Waals surface area contributed by atoms with E-state index in [1.807, 2.05) is 67.6 Å². The van der Waals surface area contributed by atoms with Crippen molar-refractivity contribution < 1.29 is 9.53 Å². The van der Waals surface area contributed by atoms with E-state index in [0.717, 1.165) is 27.0 Å². The van der Waals surface area contributed by atoms with Crippen molar-refractivity contribution in [1.82, 2.24) is 0 Å². The maximum absolute atomic E-state index is 13.4. The number of ether oxygens (including phenoxy) is 1. The van der Waals surface area contributed by atoms with E-state index in [1.165, 1.54) is 0 Å². The zero-order valence-electron chi connectivity index (χ0n) is 16.6. The van der Waals surface area contributed by atoms with Gasteiger partial charge in [0.25, 0.3) is 5.91 Å². The van der Waals surface area contributed by atoms with Crippen molar-refractivity contribution in [2.24, 2.45) is 0 Å². The molecule has 31 heavy (non-hydrogen) atoms. The van der Waals surface area contributed by atoms with Crippen molar-refractivity contribution in [3.8, 4) is 5.75 Å². The van der Waals surface area contributed by atoms with E-state index in [4.69, 9.17) is 27.9 Å². The third-order valence-electron chi connectivity index (χ3n) is 4.79. The van der Waals surface area contributed by atoms with Crippen molar-refractivity contribution in [3.63, 3.8) is 0 Å². The molecule has 0 radical (unpaired) electrons. The molecule has 0 aliphatic carbocycles. The Balaban J connectivity index is 1.78. The third-order valence-corrected chi connectivity index (χ3v) is 6.15. The SMILES string of the molecule is CCOc1ccc(/C=C2\C=C(c3ccccc3)N(c3ccc(Cl)c(Cl)c3)C2=O)cc1Br. The first-order valence-corrected chi connectivity index (χ1v) is 11.2. The van der Waals surface area contributed by atoms with Crippen LogP contribution in [0.2, 0.25) is 10.0 Å². The lowest BCUT2D eigenvalue weighted by Gasteiger charge is -2.21. The first-order valence-electron chi connectivity index (χ1n) is 9.68. The smallest absolute Gasteiger partial charge is 0.262 e. The summed E-state index contributed by atoms with van der Waals surface area (Å²) in [5, 5.41) is 0.838. The monoisotopic (exact) mass is 513 g/mol. The minimum Gasteiger partial charge on any atom is -0.493 e. The van der Waals surface area contributed by atoms with Gasteiger partial charge in [-0.15, -0.1) is 0 Å². The van der Waals surface area contributed by atoms with E-state index in [-0.39, 0.29) is 5.91 Å². The number of nitrogens with zero attached hydrogens (tertiary/aromatic N) is 1. The quantitative estimate of drug-likeness (QED) is 0.327. The Morgan fingerprint density at radius 2 is 1.77 bits per heavy atom. The number of anilines is 1. The van der Waals surface area contributed by atoms with Gasteiger partial charge in [-0.3, -0.25) is 9.69 Å². The van der Waals surface area contributed by atoms with Gasteiger partial charge >= 0.3 is 0 Å². The summed E-state index contributed by atoms with van der Waals surface area (Å²) in [6.45, 7) is 2.52. The molecule has 0 spiro atoms. The number of amides is 1. The Bertz CT molecular complexity index is 1210. The second kappa shape index (κ2) is 9.31. The summed E-state index contributed by atoms with van der Waals surface area (Å²) in [6, 6.07) is 20.7. The first kappa shape index (κ1) is 21.7. The molecule has 0 atom stereocenters. The van der Waals surface area contributed by atoms with E-state index in [1.54, 1.807) is 23.1 Å². The predicted octanol–water partition coefficient (Wildman–Crippen LogP) is 7.63. The molecule has 4 rings (SSSR count). The van der Waals surface area contributed by atoms with Gasteiger partial charge in [0.1, 0.15) is 5.75 Å². The molecule has 0 unspecified atom stereocenters. The van der Waals surface area contributed by atoms with E-state index < -0.39 is 0 Å². The van der Waals surface area contributed by atoms with Crippen LogP contribution in [0.25, 0.3) is 11.8 Å². The Morgan fingerprint density at radius 3 is 2.45 bits per heavy atom. The molecular formula is C25H18BrCl2NO2. The predicted molar refractivity (Wildman–Crippen MR) is 132 cm³/mol. The number of hydrogen-bond donors (Lipinski definition) is 0. The number of halogens is 3. The van der Waals surface area contributed by atoms with Crippen LogP contribution in [0, 0.1) is 0 Å². The highest BCUT2D eigenvalue weighted by atomic mass is 79.9. The normalized spacial score (nSPS) is 14.8. The summed E-state index contributed by atoms with van der Waals surface area (Å²) in [5.41, 5.74) is 3.82. The lowest BCUT2D eigenvalue weighted by Crippen LogP contribution is -2.24. The largest absolute Gasteiger partial charge is 0.493 e. The highest BCUT2D eigenvalue weighted by Gasteiger charge is 2.30. The Labute approximate surface area is 199 Å². The van der Waals surface area contributed by atoms with Crippen LogP contribution >= 0.6 is 39.1 Å². The molecule has 0 N–H and O–H groups in total. The van der Waals surface area contributed by atoms with Crippen LogP contribution in [0.5, 0.6) is 5.75 Å². The van der Waals surface area contributed by atoms with Crippen molar-refractivity contribution in [2.75, 3.05) is 11.5 Å². The van der Waals surface area contributed by atoms with Crippen LogP contribution in [-0.2, 0) is 4.79 Å². The number of carbonyl (C=O) groups excluding carboxylic acids is 1. The molecule has 1 aliphatic heterocycles. The van der Waals surface area contributed by atoms with E-state index in [0.29, 0.717) is 27.9 Å². The summed E-state index contributed by atoms with van der Waals surface area (Å²) >= 11 is 15.9. The lowest BCUT2D eigenvalue weighted by atomic mass is 10.1. The fourth-order valence-corrected chi connectivity index (χ4v) is 4.18. The summed E-state index contributed by atoms with van der Waals surface area (Å²) in [4.78, 5) is 15.1. The van der Waals surface area contributed by atoms with Gasteiger partial charge < -0.3 is 4.74 Å². The lowest BCUT2D eigenvalue weighted by molar-refractivity contribution is -0.113. The number of hydrogen-bond acceptors (Lipinski definition) is 2. The van der Waals surface area contributed by atoms with Gasteiger partial charge in [0.15, 0.2) is 0 Å². The molecule has 0 saturated heterocycles. The zero-order chi connectivity index (χ0) is 22.0. The molecule has 1 amide bonds. The number of carbonyl (C=O) groups is 1. The maximum atomic E-state index is 13.4. The molecule has 156 valence electrons. The van der Waals surface area contributed by atoms with E-state index >= 15 is 0 Å². The molecule has 1 heterocycles. The Morgan fingerprint density at radius 1 is 1.00 bits per heavy atom. The Hall–Kier alpha value is -2.53. The van der Waals surface area contributed by atoms with E-state index in [2.05, 4.69) is 15.9 Å². The molecule has 0 aromatic heterocycles. The summed E-state index contributed by atoms with van der Waals surface area (Å²) in [6.07, 6.45) is 3.76. The molecular weight excluding hydrogens is 497 g/mol. The third kappa shape index (κ3) is 4.57. The van der Waals surface area contributed by atoms with Crippen LogP contribution in [0.1, 0.15) is 18.1 Å². The molecule has 0 fully saturated rings. The summed E-state index contributed by atoms with van der Waals surface area (Å²) in [5.74, 6) is 0.627. The Kier molecular flexibility index (Phi) is 6.51. The van der Waals surface area contributed by atoms with E-state index in [9.17, 15) is 4.79 Å². The van der Waals surface area contributed by atoms with Gasteiger partial charge in [-0.05, 0) is 76.5 Å². The molecule has 6 heteroatoms. The molecule has 3 aromatic carbocycles. The van der Waals surface area contributed by atoms with Gasteiger partial charge in [0.2, 0.25) is 0 Å². The second-order valence-corrected chi connectivity index (χ2v) is 8.53.